The van der Waals surface area contributed by atoms with Gasteiger partial charge in [-0.2, -0.15) is 0 Å². The Bertz CT molecular complexity index is 969. The van der Waals surface area contributed by atoms with Crippen molar-refractivity contribution in [2.75, 3.05) is 5.75 Å². The molecule has 0 bridgehead atoms. The summed E-state index contributed by atoms with van der Waals surface area (Å²) in [6.45, 7) is 0. The van der Waals surface area contributed by atoms with Crippen LogP contribution in [0.25, 0.3) is 17.1 Å². The molecule has 0 radical (unpaired) electrons. The van der Waals surface area contributed by atoms with Crippen molar-refractivity contribution >= 4 is 11.8 Å². The normalized spacial score (nSPS) is 10.8. The number of thioether (sulfide) groups is 1. The topological polar surface area (TPSA) is 43.6 Å². The standard InChI is InChI=1S/C22H20N4S/c1-3-8-18(9-4-1)10-7-17-27-22-25-24-21(19-13-15-23-16-14-19)26(22)20-11-5-2-6-12-20/h1-6,8-9,11-16H,7,10,17H2. The molecule has 0 atom stereocenters. The number of para-hydroxylation sites is 1. The van der Waals surface area contributed by atoms with Gasteiger partial charge in [0.2, 0.25) is 0 Å². The van der Waals surface area contributed by atoms with E-state index in [9.17, 15) is 0 Å². The molecule has 0 aliphatic heterocycles. The number of rotatable bonds is 7. The molecule has 0 unspecified atom stereocenters. The van der Waals surface area contributed by atoms with Gasteiger partial charge in [0.25, 0.3) is 0 Å². The fourth-order valence-corrected chi connectivity index (χ4v) is 3.84. The van der Waals surface area contributed by atoms with Gasteiger partial charge in [0, 0.05) is 29.4 Å². The molecule has 5 heteroatoms. The first-order valence-corrected chi connectivity index (χ1v) is 9.98. The lowest BCUT2D eigenvalue weighted by Gasteiger charge is -2.10. The van der Waals surface area contributed by atoms with E-state index in [1.807, 2.05) is 30.3 Å². The van der Waals surface area contributed by atoms with Crippen molar-refractivity contribution in [3.63, 3.8) is 0 Å². The second kappa shape index (κ2) is 8.64. The summed E-state index contributed by atoms with van der Waals surface area (Å²) in [4.78, 5) is 4.11. The number of aryl methyl sites for hydroxylation is 1. The maximum atomic E-state index is 4.47. The van der Waals surface area contributed by atoms with Crippen LogP contribution in [0.4, 0.5) is 0 Å². The number of benzene rings is 2. The van der Waals surface area contributed by atoms with Gasteiger partial charge in [0.05, 0.1) is 0 Å². The molecule has 2 aromatic heterocycles. The van der Waals surface area contributed by atoms with Crippen LogP contribution in [-0.4, -0.2) is 25.5 Å². The van der Waals surface area contributed by atoms with E-state index in [1.165, 1.54) is 5.56 Å². The molecule has 0 amide bonds. The van der Waals surface area contributed by atoms with Crippen LogP contribution < -0.4 is 0 Å². The molecule has 134 valence electrons. The lowest BCUT2D eigenvalue weighted by molar-refractivity contribution is 0.875. The van der Waals surface area contributed by atoms with Crippen molar-refractivity contribution in [2.45, 2.75) is 18.0 Å². The van der Waals surface area contributed by atoms with E-state index in [0.29, 0.717) is 0 Å². The molecule has 2 heterocycles. The lowest BCUT2D eigenvalue weighted by atomic mass is 10.1. The van der Waals surface area contributed by atoms with E-state index in [2.05, 4.69) is 62.2 Å². The zero-order valence-corrected chi connectivity index (χ0v) is 15.7. The van der Waals surface area contributed by atoms with Crippen molar-refractivity contribution in [1.29, 1.82) is 0 Å². The molecule has 2 aromatic carbocycles. The third-order valence-electron chi connectivity index (χ3n) is 4.27. The summed E-state index contributed by atoms with van der Waals surface area (Å²) in [5.41, 5.74) is 3.46. The highest BCUT2D eigenvalue weighted by molar-refractivity contribution is 7.99. The van der Waals surface area contributed by atoms with Gasteiger partial charge < -0.3 is 0 Å². The van der Waals surface area contributed by atoms with Gasteiger partial charge in [-0.3, -0.25) is 9.55 Å². The number of hydrogen-bond donors (Lipinski definition) is 0. The summed E-state index contributed by atoms with van der Waals surface area (Å²) in [6, 6.07) is 24.8. The molecular weight excluding hydrogens is 352 g/mol. The third kappa shape index (κ3) is 4.26. The van der Waals surface area contributed by atoms with E-state index in [0.717, 1.165) is 40.8 Å². The van der Waals surface area contributed by atoms with E-state index in [4.69, 9.17) is 0 Å². The molecular formula is C22H20N4S. The molecule has 0 N–H and O–H groups in total. The predicted molar refractivity (Wildman–Crippen MR) is 110 cm³/mol. The second-order valence-electron chi connectivity index (χ2n) is 6.15. The molecule has 0 spiro atoms. The first-order valence-electron chi connectivity index (χ1n) is 9.00. The van der Waals surface area contributed by atoms with Crippen LogP contribution in [0.5, 0.6) is 0 Å². The highest BCUT2D eigenvalue weighted by Crippen LogP contribution is 2.28. The Morgan fingerprint density at radius 3 is 2.22 bits per heavy atom. The molecule has 0 saturated heterocycles. The Morgan fingerprint density at radius 2 is 1.48 bits per heavy atom. The van der Waals surface area contributed by atoms with Crippen LogP contribution in [0, 0.1) is 0 Å². The maximum absolute atomic E-state index is 4.47. The molecule has 4 rings (SSSR count). The summed E-state index contributed by atoms with van der Waals surface area (Å²) >= 11 is 1.75. The molecule has 0 fully saturated rings. The minimum Gasteiger partial charge on any atom is -0.270 e. The first kappa shape index (κ1) is 17.5. The van der Waals surface area contributed by atoms with Crippen LogP contribution in [0.1, 0.15) is 12.0 Å². The van der Waals surface area contributed by atoms with Gasteiger partial charge in [-0.15, -0.1) is 10.2 Å². The highest BCUT2D eigenvalue weighted by atomic mass is 32.2. The number of pyridine rings is 1. The number of nitrogens with zero attached hydrogens (tertiary/aromatic N) is 4. The Kier molecular flexibility index (Phi) is 5.60. The highest BCUT2D eigenvalue weighted by Gasteiger charge is 2.15. The van der Waals surface area contributed by atoms with Crippen molar-refractivity contribution in [2.24, 2.45) is 0 Å². The predicted octanol–water partition coefficient (Wildman–Crippen LogP) is 5.05. The minimum absolute atomic E-state index is 0.842. The summed E-state index contributed by atoms with van der Waals surface area (Å²) in [6.07, 6.45) is 5.74. The average Bonchev–Trinajstić information content (AvgIpc) is 3.17. The lowest BCUT2D eigenvalue weighted by Crippen LogP contribution is -2.00. The van der Waals surface area contributed by atoms with Crippen molar-refractivity contribution < 1.29 is 0 Å². The van der Waals surface area contributed by atoms with Gasteiger partial charge in [0.15, 0.2) is 11.0 Å². The Hall–Kier alpha value is -2.92. The summed E-state index contributed by atoms with van der Waals surface area (Å²) in [7, 11) is 0. The second-order valence-corrected chi connectivity index (χ2v) is 7.21. The fourth-order valence-electron chi connectivity index (χ4n) is 2.95. The quantitative estimate of drug-likeness (QED) is 0.336. The Morgan fingerprint density at radius 1 is 0.778 bits per heavy atom. The van der Waals surface area contributed by atoms with Crippen molar-refractivity contribution in [1.82, 2.24) is 19.7 Å². The van der Waals surface area contributed by atoms with Gasteiger partial charge in [-0.1, -0.05) is 60.3 Å². The molecule has 4 aromatic rings. The van der Waals surface area contributed by atoms with Crippen LogP contribution in [0.2, 0.25) is 0 Å². The largest absolute Gasteiger partial charge is 0.270 e. The zero-order chi connectivity index (χ0) is 18.3. The number of hydrogen-bond acceptors (Lipinski definition) is 4. The Balaban J connectivity index is 1.55. The van der Waals surface area contributed by atoms with Crippen LogP contribution in [-0.2, 0) is 6.42 Å². The molecule has 0 aliphatic rings. The first-order chi connectivity index (χ1) is 13.4. The minimum atomic E-state index is 0.842. The van der Waals surface area contributed by atoms with Crippen LogP contribution in [0.15, 0.2) is 90.3 Å². The number of aromatic nitrogens is 4. The molecule has 27 heavy (non-hydrogen) atoms. The van der Waals surface area contributed by atoms with Gasteiger partial charge >= 0.3 is 0 Å². The molecule has 0 aliphatic carbocycles. The van der Waals surface area contributed by atoms with Crippen LogP contribution in [0.3, 0.4) is 0 Å². The van der Waals surface area contributed by atoms with Gasteiger partial charge in [-0.05, 0) is 42.7 Å². The summed E-state index contributed by atoms with van der Waals surface area (Å²) in [5.74, 6) is 1.84. The third-order valence-corrected chi connectivity index (χ3v) is 5.29. The Labute approximate surface area is 163 Å². The summed E-state index contributed by atoms with van der Waals surface area (Å²) in [5, 5.41) is 9.85. The van der Waals surface area contributed by atoms with Gasteiger partial charge in [0.1, 0.15) is 0 Å². The van der Waals surface area contributed by atoms with E-state index < -0.39 is 0 Å². The van der Waals surface area contributed by atoms with E-state index in [-0.39, 0.29) is 0 Å². The van der Waals surface area contributed by atoms with Gasteiger partial charge in [-0.25, -0.2) is 0 Å². The zero-order valence-electron chi connectivity index (χ0n) is 14.9. The monoisotopic (exact) mass is 372 g/mol. The van der Waals surface area contributed by atoms with Crippen LogP contribution >= 0.6 is 11.8 Å². The molecule has 4 nitrogen and oxygen atoms in total. The fraction of sp³-hybridized carbons (Fsp3) is 0.136. The summed E-state index contributed by atoms with van der Waals surface area (Å²) < 4.78 is 2.13. The average molecular weight is 372 g/mol. The van der Waals surface area contributed by atoms with E-state index >= 15 is 0 Å². The van der Waals surface area contributed by atoms with Crippen molar-refractivity contribution in [3.05, 3.63) is 90.8 Å². The maximum Gasteiger partial charge on any atom is 0.196 e. The molecule has 0 saturated carbocycles. The van der Waals surface area contributed by atoms with E-state index in [1.54, 1.807) is 24.2 Å². The SMILES string of the molecule is c1ccc(CCCSc2nnc(-c3ccncc3)n2-c2ccccc2)cc1. The van der Waals surface area contributed by atoms with Crippen molar-refractivity contribution in [3.8, 4) is 17.1 Å². The smallest absolute Gasteiger partial charge is 0.196 e.